The topological polar surface area (TPSA) is 107 Å². The molecule has 216 valence electrons. The van der Waals surface area contributed by atoms with E-state index in [9.17, 15) is 18.8 Å². The first-order valence-corrected chi connectivity index (χ1v) is 14.5. The molecule has 3 N–H and O–H groups in total. The number of alkyl halides is 1. The molecule has 0 spiro atoms. The highest BCUT2D eigenvalue weighted by atomic mass is 19.1. The number of carbonyl (C=O) groups excluding carboxylic acids is 3. The first-order chi connectivity index (χ1) is 19.7. The van der Waals surface area contributed by atoms with Crippen molar-refractivity contribution in [3.05, 3.63) is 65.9 Å². The molecule has 1 aliphatic carbocycles. The van der Waals surface area contributed by atoms with Gasteiger partial charge >= 0.3 is 5.97 Å². The number of likely N-dealkylation sites (tertiary alicyclic amines) is 1. The predicted octanol–water partition coefficient (Wildman–Crippen LogP) is 4.93. The van der Waals surface area contributed by atoms with E-state index in [1.165, 1.54) is 0 Å². The number of nitrogens with one attached hydrogen (secondary N) is 1. The van der Waals surface area contributed by atoms with Crippen molar-refractivity contribution < 1.29 is 23.5 Å². The Kier molecular flexibility index (Phi) is 7.09. The molecule has 2 amide bonds. The number of hydrogen-bond acceptors (Lipinski definition) is 5. The molecule has 8 nitrogen and oxygen atoms in total. The van der Waals surface area contributed by atoms with E-state index in [0.29, 0.717) is 37.2 Å². The molecule has 2 aromatic carbocycles. The van der Waals surface area contributed by atoms with E-state index < -0.39 is 24.5 Å². The highest BCUT2D eigenvalue weighted by Gasteiger charge is 2.45. The molecule has 3 heterocycles. The lowest BCUT2D eigenvalue weighted by Crippen LogP contribution is -2.48. The number of halogens is 1. The minimum atomic E-state index is -0.789. The van der Waals surface area contributed by atoms with Crippen LogP contribution in [0.1, 0.15) is 67.9 Å². The molecule has 6 rings (SSSR count). The number of anilines is 1. The van der Waals surface area contributed by atoms with Gasteiger partial charge in [-0.1, -0.05) is 30.3 Å². The highest BCUT2D eigenvalue weighted by molar-refractivity contribution is 6.02. The quantitative estimate of drug-likeness (QED) is 0.416. The number of nitrogens with two attached hydrogens (primary N) is 1. The summed E-state index contributed by atoms with van der Waals surface area (Å²) < 4.78 is 20.5. The van der Waals surface area contributed by atoms with E-state index in [0.717, 1.165) is 29.3 Å². The molecule has 41 heavy (non-hydrogen) atoms. The van der Waals surface area contributed by atoms with Crippen LogP contribution in [-0.4, -0.2) is 52.6 Å². The second kappa shape index (κ2) is 10.6. The molecule has 2 fully saturated rings. The van der Waals surface area contributed by atoms with Crippen molar-refractivity contribution in [2.24, 2.45) is 17.6 Å². The van der Waals surface area contributed by atoms with Crippen molar-refractivity contribution in [1.29, 1.82) is 0 Å². The van der Waals surface area contributed by atoms with Gasteiger partial charge in [0.2, 0.25) is 11.8 Å². The third-order valence-electron chi connectivity index (χ3n) is 9.24. The van der Waals surface area contributed by atoms with Crippen molar-refractivity contribution in [3.63, 3.8) is 0 Å². The Morgan fingerprint density at radius 2 is 1.80 bits per heavy atom. The van der Waals surface area contributed by atoms with Gasteiger partial charge in [-0.2, -0.15) is 0 Å². The number of amides is 2. The van der Waals surface area contributed by atoms with Crippen molar-refractivity contribution in [2.45, 2.75) is 69.7 Å². The molecule has 2 aliphatic heterocycles. The van der Waals surface area contributed by atoms with Crippen LogP contribution in [0, 0.1) is 11.8 Å². The number of cyclic esters (lactones) is 1. The van der Waals surface area contributed by atoms with Crippen LogP contribution in [0.3, 0.4) is 0 Å². The average Bonchev–Trinajstić information content (AvgIpc) is 3.65. The Hall–Kier alpha value is -3.72. The zero-order valence-electron chi connectivity index (χ0n) is 23.5. The van der Waals surface area contributed by atoms with Crippen molar-refractivity contribution >= 4 is 34.4 Å². The van der Waals surface area contributed by atoms with Gasteiger partial charge in [0.15, 0.2) is 5.72 Å². The van der Waals surface area contributed by atoms with Gasteiger partial charge in [-0.3, -0.25) is 14.2 Å². The molecular formula is C32H37FN4O4. The number of ether oxygens (including phenoxy) is 1. The lowest BCUT2D eigenvalue weighted by atomic mass is 9.78. The van der Waals surface area contributed by atoms with Gasteiger partial charge in [0.25, 0.3) is 0 Å². The summed E-state index contributed by atoms with van der Waals surface area (Å²) in [4.78, 5) is 41.9. The monoisotopic (exact) mass is 560 g/mol. The van der Waals surface area contributed by atoms with Crippen LogP contribution in [0.25, 0.3) is 10.9 Å². The van der Waals surface area contributed by atoms with Gasteiger partial charge in [0.05, 0.1) is 5.52 Å². The summed E-state index contributed by atoms with van der Waals surface area (Å²) in [7, 11) is 0. The fourth-order valence-electron chi connectivity index (χ4n) is 7.13. The minimum absolute atomic E-state index is 0.00379. The first kappa shape index (κ1) is 27.4. The average molecular weight is 561 g/mol. The molecule has 0 radical (unpaired) electrons. The van der Waals surface area contributed by atoms with E-state index in [2.05, 4.69) is 5.32 Å². The van der Waals surface area contributed by atoms with Crippen LogP contribution in [-0.2, 0) is 20.1 Å². The number of rotatable bonds is 6. The summed E-state index contributed by atoms with van der Waals surface area (Å²) in [5.74, 6) is -0.833. The maximum absolute atomic E-state index is 14.0. The number of nitrogens with zero attached hydrogens (tertiary/aromatic N) is 2. The highest BCUT2D eigenvalue weighted by Crippen LogP contribution is 2.39. The summed E-state index contributed by atoms with van der Waals surface area (Å²) in [6, 6.07) is 16.1. The first-order valence-electron chi connectivity index (χ1n) is 14.5. The normalized spacial score (nSPS) is 26.0. The Bertz CT molecular complexity index is 1480. The SMILES string of the molecule is CC1(C)OC(=O)c2cc3cc(NC(=O)[C@@H]4[C@@H](c5ccccc5)CCN4C(=O)C4CCC(C(N)CF)CC4)ccc3n21. The number of hydrogen-bond donors (Lipinski definition) is 2. The van der Waals surface area contributed by atoms with E-state index in [-0.39, 0.29) is 35.5 Å². The van der Waals surface area contributed by atoms with Crippen LogP contribution < -0.4 is 11.1 Å². The van der Waals surface area contributed by atoms with Gasteiger partial charge in [-0.05, 0) is 81.7 Å². The van der Waals surface area contributed by atoms with Gasteiger partial charge in [-0.15, -0.1) is 0 Å². The Morgan fingerprint density at radius 3 is 2.51 bits per heavy atom. The van der Waals surface area contributed by atoms with Crippen LogP contribution in [0.4, 0.5) is 10.1 Å². The number of esters is 1. The maximum atomic E-state index is 14.0. The predicted molar refractivity (Wildman–Crippen MR) is 154 cm³/mol. The summed E-state index contributed by atoms with van der Waals surface area (Å²) in [6.07, 6.45) is 3.46. The van der Waals surface area contributed by atoms with Gasteiger partial charge in [0, 0.05) is 35.5 Å². The van der Waals surface area contributed by atoms with Crippen LogP contribution in [0.15, 0.2) is 54.6 Å². The Balaban J connectivity index is 1.25. The molecule has 3 aliphatic rings. The fourth-order valence-corrected chi connectivity index (χ4v) is 7.13. The third kappa shape index (κ3) is 4.90. The summed E-state index contributed by atoms with van der Waals surface area (Å²) in [5, 5.41) is 3.90. The zero-order chi connectivity index (χ0) is 28.9. The van der Waals surface area contributed by atoms with Crippen LogP contribution in [0.2, 0.25) is 0 Å². The van der Waals surface area contributed by atoms with Crippen molar-refractivity contribution in [3.8, 4) is 0 Å². The molecule has 1 saturated carbocycles. The molecule has 3 atom stereocenters. The summed E-state index contributed by atoms with van der Waals surface area (Å²) >= 11 is 0. The van der Waals surface area contributed by atoms with Crippen molar-refractivity contribution in [2.75, 3.05) is 18.5 Å². The third-order valence-corrected chi connectivity index (χ3v) is 9.24. The van der Waals surface area contributed by atoms with Crippen LogP contribution >= 0.6 is 0 Å². The van der Waals surface area contributed by atoms with E-state index >= 15 is 0 Å². The van der Waals surface area contributed by atoms with Crippen LogP contribution in [0.5, 0.6) is 0 Å². The standard InChI is InChI=1S/C32H37FN4O4/c1-32(2)37-26-13-12-23(16-22(26)17-27(37)31(40)41-32)35-29(38)28-24(19-6-4-3-5-7-19)14-15-36(28)30(39)21-10-8-20(9-11-21)25(34)18-33/h3-7,12-13,16-17,20-21,24-25,28H,8-11,14-15,18,34H2,1-2H3,(H,35,38)/t20?,21?,24-,25?,28+/m1/s1. The summed E-state index contributed by atoms with van der Waals surface area (Å²) in [5.41, 5.74) is 8.10. The number of fused-ring (bicyclic) bond motifs is 3. The van der Waals surface area contributed by atoms with Crippen molar-refractivity contribution in [1.82, 2.24) is 9.47 Å². The fraction of sp³-hybridized carbons (Fsp3) is 0.469. The molecule has 1 unspecified atom stereocenters. The maximum Gasteiger partial charge on any atom is 0.357 e. The molecule has 0 bridgehead atoms. The largest absolute Gasteiger partial charge is 0.434 e. The summed E-state index contributed by atoms with van der Waals surface area (Å²) in [6.45, 7) is 3.64. The lowest BCUT2D eigenvalue weighted by Gasteiger charge is -2.35. The zero-order valence-corrected chi connectivity index (χ0v) is 23.5. The van der Waals surface area contributed by atoms with Gasteiger partial charge in [-0.25, -0.2) is 9.18 Å². The minimum Gasteiger partial charge on any atom is -0.434 e. The molecular weight excluding hydrogens is 523 g/mol. The van der Waals surface area contributed by atoms with E-state index in [4.69, 9.17) is 10.5 Å². The number of aromatic nitrogens is 1. The Morgan fingerprint density at radius 1 is 1.07 bits per heavy atom. The molecule has 9 heteroatoms. The molecule has 1 aromatic heterocycles. The molecule has 1 saturated heterocycles. The van der Waals surface area contributed by atoms with E-state index in [1.54, 1.807) is 11.0 Å². The smallest absolute Gasteiger partial charge is 0.357 e. The second-order valence-corrected chi connectivity index (χ2v) is 12.2. The lowest BCUT2D eigenvalue weighted by molar-refractivity contribution is -0.141. The second-order valence-electron chi connectivity index (χ2n) is 12.2. The van der Waals surface area contributed by atoms with E-state index in [1.807, 2.05) is 66.9 Å². The Labute approximate surface area is 239 Å². The van der Waals surface area contributed by atoms with Gasteiger partial charge < -0.3 is 20.7 Å². The number of benzene rings is 2. The number of carbonyl (C=O) groups is 3. The van der Waals surface area contributed by atoms with Gasteiger partial charge in [0.1, 0.15) is 18.4 Å². The molecule has 3 aromatic rings.